The van der Waals surface area contributed by atoms with Crippen molar-refractivity contribution in [1.82, 2.24) is 0 Å². The van der Waals surface area contributed by atoms with Gasteiger partial charge in [-0.3, -0.25) is 0 Å². The molecule has 0 fully saturated rings. The molecule has 0 saturated heterocycles. The SMILES string of the molecule is CC[13CH2]O. The highest BCUT2D eigenvalue weighted by atomic mass is 16.3. The minimum atomic E-state index is 0.319. The van der Waals surface area contributed by atoms with Crippen LogP contribution in [0.3, 0.4) is 0 Å². The fraction of sp³-hybridized carbons (Fsp3) is 1.00. The number of aliphatic hydroxyl groups excluding tert-OH is 1. The van der Waals surface area contributed by atoms with Crippen molar-refractivity contribution in [2.45, 2.75) is 13.3 Å². The summed E-state index contributed by atoms with van der Waals surface area (Å²) >= 11 is 0. The lowest BCUT2D eigenvalue weighted by molar-refractivity contribution is 0.295. The molecular weight excluding hydrogens is 53.0 g/mol. The molecule has 0 heterocycles. The number of rotatable bonds is 1. The Morgan fingerprint density at radius 1 is 1.75 bits per heavy atom. The van der Waals surface area contributed by atoms with Gasteiger partial charge < -0.3 is 5.11 Å². The van der Waals surface area contributed by atoms with Crippen molar-refractivity contribution in [1.29, 1.82) is 0 Å². The second-order valence-electron chi connectivity index (χ2n) is 0.724. The van der Waals surface area contributed by atoms with E-state index in [0.717, 1.165) is 6.42 Å². The van der Waals surface area contributed by atoms with Gasteiger partial charge in [0.2, 0.25) is 0 Å². The highest BCUT2D eigenvalue weighted by molar-refractivity contribution is 4.10. The molecule has 0 atom stereocenters. The maximum atomic E-state index is 7.88. The fourth-order valence-electron chi connectivity index (χ4n) is 0. The molecule has 0 saturated carbocycles. The van der Waals surface area contributed by atoms with E-state index in [0.29, 0.717) is 6.61 Å². The zero-order valence-electron chi connectivity index (χ0n) is 2.86. The summed E-state index contributed by atoms with van der Waals surface area (Å²) in [5.74, 6) is 0. The van der Waals surface area contributed by atoms with E-state index in [4.69, 9.17) is 5.11 Å². The van der Waals surface area contributed by atoms with Gasteiger partial charge in [-0.05, 0) is 6.42 Å². The van der Waals surface area contributed by atoms with Crippen molar-refractivity contribution >= 4 is 0 Å². The first-order chi connectivity index (χ1) is 1.91. The number of hydrogen-bond donors (Lipinski definition) is 1. The summed E-state index contributed by atoms with van der Waals surface area (Å²) in [6.45, 7) is 2.25. The lowest BCUT2D eigenvalue weighted by Crippen LogP contribution is -1.69. The highest BCUT2D eigenvalue weighted by Crippen LogP contribution is 1.61. The molecule has 0 rings (SSSR count). The van der Waals surface area contributed by atoms with E-state index >= 15 is 0 Å². The largest absolute Gasteiger partial charge is 0.396 e. The van der Waals surface area contributed by atoms with E-state index < -0.39 is 0 Å². The van der Waals surface area contributed by atoms with E-state index in [1.807, 2.05) is 6.92 Å². The van der Waals surface area contributed by atoms with Crippen LogP contribution in [0.1, 0.15) is 13.3 Å². The average Bonchev–Trinajstić information content (AvgIpc) is 1.37. The monoisotopic (exact) mass is 61.1 g/mol. The molecule has 0 aromatic rings. The van der Waals surface area contributed by atoms with Gasteiger partial charge in [0.25, 0.3) is 0 Å². The summed E-state index contributed by atoms with van der Waals surface area (Å²) in [7, 11) is 0. The summed E-state index contributed by atoms with van der Waals surface area (Å²) in [5.41, 5.74) is 0. The van der Waals surface area contributed by atoms with Gasteiger partial charge in [0, 0.05) is 6.61 Å². The molecule has 26 valence electrons. The van der Waals surface area contributed by atoms with Gasteiger partial charge >= 0.3 is 0 Å². The summed E-state index contributed by atoms with van der Waals surface area (Å²) in [6, 6.07) is 0. The van der Waals surface area contributed by atoms with Gasteiger partial charge in [-0.15, -0.1) is 0 Å². The molecule has 0 aromatic heterocycles. The zero-order valence-corrected chi connectivity index (χ0v) is 2.86. The lowest BCUT2D eigenvalue weighted by atomic mass is 10.7. The Balaban J connectivity index is 1.97. The summed E-state index contributed by atoms with van der Waals surface area (Å²) in [4.78, 5) is 0. The molecule has 0 spiro atoms. The molecule has 0 bridgehead atoms. The molecule has 0 aromatic carbocycles. The van der Waals surface area contributed by atoms with Crippen LogP contribution in [0.15, 0.2) is 0 Å². The molecule has 0 aliphatic rings. The molecule has 1 nitrogen and oxygen atoms in total. The van der Waals surface area contributed by atoms with Gasteiger partial charge in [0.1, 0.15) is 0 Å². The van der Waals surface area contributed by atoms with E-state index in [1.54, 1.807) is 0 Å². The van der Waals surface area contributed by atoms with Crippen LogP contribution in [0.2, 0.25) is 0 Å². The van der Waals surface area contributed by atoms with Crippen molar-refractivity contribution in [3.8, 4) is 0 Å². The van der Waals surface area contributed by atoms with Crippen molar-refractivity contribution in [3.05, 3.63) is 0 Å². The van der Waals surface area contributed by atoms with Crippen molar-refractivity contribution in [2.75, 3.05) is 6.61 Å². The van der Waals surface area contributed by atoms with Gasteiger partial charge in [0.15, 0.2) is 0 Å². The molecular formula is C3H8O. The second kappa shape index (κ2) is 2.96. The van der Waals surface area contributed by atoms with Gasteiger partial charge in [-0.25, -0.2) is 0 Å². The number of hydrogen-bond acceptors (Lipinski definition) is 1. The quantitative estimate of drug-likeness (QED) is 0.435. The summed E-state index contributed by atoms with van der Waals surface area (Å²) in [5, 5.41) is 7.88. The maximum absolute atomic E-state index is 7.88. The summed E-state index contributed by atoms with van der Waals surface area (Å²) in [6.07, 6.45) is 0.875. The van der Waals surface area contributed by atoms with Crippen LogP contribution >= 0.6 is 0 Å². The van der Waals surface area contributed by atoms with Crippen molar-refractivity contribution in [2.24, 2.45) is 0 Å². The molecule has 1 N–H and O–H groups in total. The third kappa shape index (κ3) is 1.96. The minimum Gasteiger partial charge on any atom is -0.396 e. The molecule has 0 aliphatic carbocycles. The highest BCUT2D eigenvalue weighted by Gasteiger charge is 1.57. The van der Waals surface area contributed by atoms with Gasteiger partial charge in [-0.2, -0.15) is 0 Å². The van der Waals surface area contributed by atoms with Crippen LogP contribution in [0.4, 0.5) is 0 Å². The Morgan fingerprint density at radius 2 is 2.00 bits per heavy atom. The topological polar surface area (TPSA) is 20.2 Å². The third-order valence-corrected chi connectivity index (χ3v) is 0.224. The Hall–Kier alpha value is -0.0400. The van der Waals surface area contributed by atoms with Crippen LogP contribution in [0, 0.1) is 0 Å². The lowest BCUT2D eigenvalue weighted by Gasteiger charge is -1.69. The van der Waals surface area contributed by atoms with Crippen LogP contribution in [-0.4, -0.2) is 11.7 Å². The third-order valence-electron chi connectivity index (χ3n) is 0.224. The standard InChI is InChI=1S/C3H8O/c1-2-3-4/h4H,2-3H2,1H3/i3+1. The first-order valence-corrected chi connectivity index (χ1v) is 1.52. The second-order valence-corrected chi connectivity index (χ2v) is 0.724. The Labute approximate surface area is 26.3 Å². The molecule has 0 aliphatic heterocycles. The fourth-order valence-corrected chi connectivity index (χ4v) is 0. The Kier molecular flexibility index (Phi) is 2.93. The molecule has 0 amide bonds. The smallest absolute Gasteiger partial charge is 0.0428 e. The molecule has 4 heavy (non-hydrogen) atoms. The van der Waals surface area contributed by atoms with Crippen LogP contribution in [0.5, 0.6) is 0 Å². The summed E-state index contributed by atoms with van der Waals surface area (Å²) < 4.78 is 0. The Morgan fingerprint density at radius 3 is 2.00 bits per heavy atom. The minimum absolute atomic E-state index is 0.319. The van der Waals surface area contributed by atoms with Crippen LogP contribution in [-0.2, 0) is 0 Å². The van der Waals surface area contributed by atoms with Crippen molar-refractivity contribution in [3.63, 3.8) is 0 Å². The predicted octanol–water partition coefficient (Wildman–Crippen LogP) is 0.389. The number of aliphatic hydroxyl groups is 1. The van der Waals surface area contributed by atoms with Crippen LogP contribution in [0.25, 0.3) is 0 Å². The van der Waals surface area contributed by atoms with E-state index in [2.05, 4.69) is 0 Å². The maximum Gasteiger partial charge on any atom is 0.0428 e. The molecule has 0 unspecified atom stereocenters. The van der Waals surface area contributed by atoms with Crippen molar-refractivity contribution < 1.29 is 5.11 Å². The normalized spacial score (nSPS) is 7.50. The first kappa shape index (κ1) is 3.96. The first-order valence-electron chi connectivity index (χ1n) is 1.52. The van der Waals surface area contributed by atoms with E-state index in [-0.39, 0.29) is 0 Å². The average molecular weight is 61.1 g/mol. The molecule has 1 heteroatoms. The zero-order chi connectivity index (χ0) is 3.41. The predicted molar refractivity (Wildman–Crippen MR) is 17.4 cm³/mol. The molecule has 0 radical (unpaired) electrons. The Bertz CT molecular complexity index is 5.25. The van der Waals surface area contributed by atoms with E-state index in [1.165, 1.54) is 0 Å². The van der Waals surface area contributed by atoms with E-state index in [9.17, 15) is 0 Å². The van der Waals surface area contributed by atoms with Gasteiger partial charge in [-0.1, -0.05) is 6.92 Å². The van der Waals surface area contributed by atoms with Crippen LogP contribution < -0.4 is 0 Å². The van der Waals surface area contributed by atoms with Gasteiger partial charge in [0.05, 0.1) is 0 Å².